The maximum absolute atomic E-state index is 11.4. The SMILES string of the molecule is CC(O)CCNC(=O)c1ncccc1O. The highest BCUT2D eigenvalue weighted by atomic mass is 16.3. The van der Waals surface area contributed by atoms with Crippen LogP contribution in [0, 0.1) is 0 Å². The predicted octanol–water partition coefficient (Wildman–Crippen LogP) is 0.288. The normalized spacial score (nSPS) is 12.1. The fourth-order valence-electron chi connectivity index (χ4n) is 1.05. The van der Waals surface area contributed by atoms with E-state index in [0.29, 0.717) is 13.0 Å². The van der Waals surface area contributed by atoms with E-state index in [0.717, 1.165) is 0 Å². The smallest absolute Gasteiger partial charge is 0.273 e. The van der Waals surface area contributed by atoms with Crippen LogP contribution in [0.1, 0.15) is 23.8 Å². The van der Waals surface area contributed by atoms with Crippen molar-refractivity contribution in [1.82, 2.24) is 10.3 Å². The van der Waals surface area contributed by atoms with Crippen molar-refractivity contribution in [2.24, 2.45) is 0 Å². The highest BCUT2D eigenvalue weighted by molar-refractivity contribution is 5.94. The van der Waals surface area contributed by atoms with Crippen LogP contribution in [0.4, 0.5) is 0 Å². The van der Waals surface area contributed by atoms with E-state index in [1.165, 1.54) is 12.3 Å². The van der Waals surface area contributed by atoms with Crippen LogP contribution < -0.4 is 5.32 Å². The van der Waals surface area contributed by atoms with E-state index in [4.69, 9.17) is 5.11 Å². The molecule has 0 aliphatic carbocycles. The second-order valence-electron chi connectivity index (χ2n) is 3.26. The molecule has 0 aliphatic rings. The van der Waals surface area contributed by atoms with Crippen LogP contribution in [0.15, 0.2) is 18.3 Å². The molecular weight excluding hydrogens is 196 g/mol. The van der Waals surface area contributed by atoms with Gasteiger partial charge >= 0.3 is 0 Å². The first-order chi connectivity index (χ1) is 7.11. The van der Waals surface area contributed by atoms with Gasteiger partial charge in [0.2, 0.25) is 0 Å². The Morgan fingerprint density at radius 3 is 3.00 bits per heavy atom. The monoisotopic (exact) mass is 210 g/mol. The maximum atomic E-state index is 11.4. The summed E-state index contributed by atoms with van der Waals surface area (Å²) in [6.07, 6.45) is 1.45. The predicted molar refractivity (Wildman–Crippen MR) is 54.5 cm³/mol. The zero-order chi connectivity index (χ0) is 11.3. The molecule has 1 atom stereocenters. The number of hydrogen-bond donors (Lipinski definition) is 3. The van der Waals surface area contributed by atoms with Gasteiger partial charge in [-0.25, -0.2) is 4.98 Å². The Hall–Kier alpha value is -1.62. The standard InChI is InChI=1S/C10H14N2O3/c1-7(13)4-6-12-10(15)9-8(14)3-2-5-11-9/h2-3,5,7,13-14H,4,6H2,1H3,(H,12,15). The van der Waals surface area contributed by atoms with Gasteiger partial charge in [0.25, 0.3) is 5.91 Å². The largest absolute Gasteiger partial charge is 0.505 e. The van der Waals surface area contributed by atoms with Gasteiger partial charge in [-0.3, -0.25) is 4.79 Å². The topological polar surface area (TPSA) is 82.5 Å². The van der Waals surface area contributed by atoms with Crippen LogP contribution in [-0.2, 0) is 0 Å². The Morgan fingerprint density at radius 1 is 1.67 bits per heavy atom. The number of aromatic hydroxyl groups is 1. The lowest BCUT2D eigenvalue weighted by molar-refractivity contribution is 0.0937. The average Bonchev–Trinajstić information content (AvgIpc) is 2.17. The molecule has 1 aromatic heterocycles. The van der Waals surface area contributed by atoms with Gasteiger partial charge in [0.15, 0.2) is 5.69 Å². The first kappa shape index (κ1) is 11.5. The van der Waals surface area contributed by atoms with Gasteiger partial charge in [-0.05, 0) is 25.5 Å². The van der Waals surface area contributed by atoms with Crippen LogP contribution in [0.25, 0.3) is 0 Å². The summed E-state index contributed by atoms with van der Waals surface area (Å²) in [7, 11) is 0. The number of aliphatic hydroxyl groups is 1. The number of nitrogens with zero attached hydrogens (tertiary/aromatic N) is 1. The molecule has 15 heavy (non-hydrogen) atoms. The van der Waals surface area contributed by atoms with Crippen molar-refractivity contribution < 1.29 is 15.0 Å². The summed E-state index contributed by atoms with van der Waals surface area (Å²) in [5, 5.41) is 20.8. The molecule has 5 heteroatoms. The second kappa shape index (κ2) is 5.31. The Bertz CT molecular complexity index is 339. The molecule has 1 amide bonds. The molecule has 82 valence electrons. The summed E-state index contributed by atoms with van der Waals surface area (Å²) in [6, 6.07) is 2.94. The third-order valence-corrected chi connectivity index (χ3v) is 1.85. The lowest BCUT2D eigenvalue weighted by Crippen LogP contribution is -2.27. The highest BCUT2D eigenvalue weighted by Gasteiger charge is 2.11. The molecule has 0 spiro atoms. The van der Waals surface area contributed by atoms with E-state index in [9.17, 15) is 9.90 Å². The first-order valence-corrected chi connectivity index (χ1v) is 4.71. The van der Waals surface area contributed by atoms with E-state index >= 15 is 0 Å². The van der Waals surface area contributed by atoms with Crippen LogP contribution in [0.3, 0.4) is 0 Å². The summed E-state index contributed by atoms with van der Waals surface area (Å²) in [5.41, 5.74) is 0.00286. The zero-order valence-electron chi connectivity index (χ0n) is 8.47. The molecule has 1 heterocycles. The third kappa shape index (κ3) is 3.55. The van der Waals surface area contributed by atoms with Crippen molar-refractivity contribution in [3.63, 3.8) is 0 Å². The van der Waals surface area contributed by atoms with E-state index in [1.54, 1.807) is 13.0 Å². The zero-order valence-corrected chi connectivity index (χ0v) is 8.47. The Morgan fingerprint density at radius 2 is 2.40 bits per heavy atom. The Balaban J connectivity index is 2.51. The summed E-state index contributed by atoms with van der Waals surface area (Å²) in [5.74, 6) is -0.583. The molecule has 0 aliphatic heterocycles. The van der Waals surface area contributed by atoms with Crippen LogP contribution in [0.2, 0.25) is 0 Å². The quantitative estimate of drug-likeness (QED) is 0.667. The fourth-order valence-corrected chi connectivity index (χ4v) is 1.05. The summed E-state index contributed by atoms with van der Waals surface area (Å²) in [6.45, 7) is 2.00. The molecule has 0 radical (unpaired) electrons. The molecule has 0 bridgehead atoms. The Labute approximate surface area is 87.8 Å². The summed E-state index contributed by atoms with van der Waals surface area (Å²) in [4.78, 5) is 15.2. The van der Waals surface area contributed by atoms with Crippen molar-refractivity contribution in [1.29, 1.82) is 0 Å². The lowest BCUT2D eigenvalue weighted by atomic mass is 10.2. The third-order valence-electron chi connectivity index (χ3n) is 1.85. The van der Waals surface area contributed by atoms with Gasteiger partial charge in [0.05, 0.1) is 6.10 Å². The molecule has 5 nitrogen and oxygen atoms in total. The van der Waals surface area contributed by atoms with Crippen molar-refractivity contribution in [3.05, 3.63) is 24.0 Å². The summed E-state index contributed by atoms with van der Waals surface area (Å²) < 4.78 is 0. The number of amides is 1. The van der Waals surface area contributed by atoms with Crippen molar-refractivity contribution in [3.8, 4) is 5.75 Å². The van der Waals surface area contributed by atoms with Crippen LogP contribution in [0.5, 0.6) is 5.75 Å². The van der Waals surface area contributed by atoms with Crippen molar-refractivity contribution >= 4 is 5.91 Å². The molecule has 1 rings (SSSR count). The molecule has 3 N–H and O–H groups in total. The van der Waals surface area contributed by atoms with E-state index in [1.807, 2.05) is 0 Å². The number of carbonyl (C=O) groups is 1. The molecule has 0 saturated heterocycles. The van der Waals surface area contributed by atoms with Gasteiger partial charge in [0, 0.05) is 12.7 Å². The minimum Gasteiger partial charge on any atom is -0.505 e. The highest BCUT2D eigenvalue weighted by Crippen LogP contribution is 2.11. The average molecular weight is 210 g/mol. The maximum Gasteiger partial charge on any atom is 0.273 e. The van der Waals surface area contributed by atoms with Crippen molar-refractivity contribution in [2.75, 3.05) is 6.54 Å². The number of aromatic nitrogens is 1. The number of nitrogens with one attached hydrogen (secondary N) is 1. The molecule has 1 unspecified atom stereocenters. The van der Waals surface area contributed by atoms with Crippen molar-refractivity contribution in [2.45, 2.75) is 19.4 Å². The summed E-state index contributed by atoms with van der Waals surface area (Å²) >= 11 is 0. The van der Waals surface area contributed by atoms with E-state index in [-0.39, 0.29) is 11.4 Å². The second-order valence-corrected chi connectivity index (χ2v) is 3.26. The lowest BCUT2D eigenvalue weighted by Gasteiger charge is -2.06. The first-order valence-electron chi connectivity index (χ1n) is 4.71. The minimum absolute atomic E-state index is 0.00286. The fraction of sp³-hybridized carbons (Fsp3) is 0.400. The molecule has 0 aromatic carbocycles. The van der Waals surface area contributed by atoms with Gasteiger partial charge in [-0.2, -0.15) is 0 Å². The molecule has 0 fully saturated rings. The van der Waals surface area contributed by atoms with Crippen LogP contribution in [-0.4, -0.2) is 33.8 Å². The molecular formula is C10H14N2O3. The van der Waals surface area contributed by atoms with E-state index in [2.05, 4.69) is 10.3 Å². The van der Waals surface area contributed by atoms with E-state index < -0.39 is 12.0 Å². The number of aliphatic hydroxyl groups excluding tert-OH is 1. The van der Waals surface area contributed by atoms with Crippen LogP contribution >= 0.6 is 0 Å². The molecule has 1 aromatic rings. The van der Waals surface area contributed by atoms with Gasteiger partial charge in [-0.15, -0.1) is 0 Å². The number of carbonyl (C=O) groups excluding carboxylic acids is 1. The van der Waals surface area contributed by atoms with Gasteiger partial charge in [-0.1, -0.05) is 0 Å². The Kier molecular flexibility index (Phi) is 4.05. The number of pyridine rings is 1. The number of hydrogen-bond acceptors (Lipinski definition) is 4. The molecule has 0 saturated carbocycles. The minimum atomic E-state index is -0.456. The number of rotatable bonds is 4. The van der Waals surface area contributed by atoms with Gasteiger partial charge in [0.1, 0.15) is 5.75 Å². The van der Waals surface area contributed by atoms with Gasteiger partial charge < -0.3 is 15.5 Å².